The van der Waals surface area contributed by atoms with E-state index < -0.39 is 0 Å². The van der Waals surface area contributed by atoms with Crippen LogP contribution in [0.2, 0.25) is 0 Å². The van der Waals surface area contributed by atoms with Gasteiger partial charge in [0.05, 0.1) is 0 Å². The molecule has 1 fully saturated rings. The molecular formula is C26H20. The van der Waals surface area contributed by atoms with E-state index in [1.54, 1.807) is 33.0 Å². The fraction of sp³-hybridized carbons (Fsp3) is 0.231. The van der Waals surface area contributed by atoms with Crippen molar-refractivity contribution < 1.29 is 0 Å². The molecule has 4 aromatic rings. The Bertz CT molecular complexity index is 1030. The van der Waals surface area contributed by atoms with Gasteiger partial charge in [-0.1, -0.05) is 72.8 Å². The molecule has 0 heterocycles. The van der Waals surface area contributed by atoms with Gasteiger partial charge in [0.2, 0.25) is 0 Å². The molecule has 0 aromatic heterocycles. The second-order valence-electron chi connectivity index (χ2n) is 8.48. The van der Waals surface area contributed by atoms with Gasteiger partial charge in [0.1, 0.15) is 0 Å². The number of rotatable bonds is 0. The summed E-state index contributed by atoms with van der Waals surface area (Å²) in [5, 5.41) is 6.00. The normalized spacial score (nSPS) is 27.7. The zero-order valence-corrected chi connectivity index (χ0v) is 14.7. The van der Waals surface area contributed by atoms with E-state index in [-0.39, 0.29) is 0 Å². The van der Waals surface area contributed by atoms with Crippen LogP contribution in [0.3, 0.4) is 0 Å². The van der Waals surface area contributed by atoms with Crippen molar-refractivity contribution in [2.45, 2.75) is 36.5 Å². The van der Waals surface area contributed by atoms with Crippen LogP contribution in [0.15, 0.2) is 72.8 Å². The Labute approximate surface area is 153 Å². The summed E-state index contributed by atoms with van der Waals surface area (Å²) in [6.45, 7) is 0. The summed E-state index contributed by atoms with van der Waals surface area (Å²) >= 11 is 0. The zero-order chi connectivity index (χ0) is 16.8. The molecule has 7 rings (SSSR count). The molecule has 4 unspecified atom stereocenters. The summed E-state index contributed by atoms with van der Waals surface area (Å²) in [6, 6.07) is 27.8. The molecule has 26 heavy (non-hydrogen) atoms. The van der Waals surface area contributed by atoms with Crippen molar-refractivity contribution >= 4 is 21.5 Å². The number of benzene rings is 4. The van der Waals surface area contributed by atoms with E-state index in [2.05, 4.69) is 72.8 Å². The first-order chi connectivity index (χ1) is 12.9. The second-order valence-corrected chi connectivity index (χ2v) is 8.48. The minimum absolute atomic E-state index is 0.696. The predicted octanol–water partition coefficient (Wildman–Crippen LogP) is 6.85. The van der Waals surface area contributed by atoms with Gasteiger partial charge in [-0.3, -0.25) is 0 Å². The van der Waals surface area contributed by atoms with Crippen LogP contribution in [0.1, 0.15) is 58.8 Å². The molecule has 0 radical (unpaired) electrons. The Hall–Kier alpha value is -2.60. The molecule has 3 aliphatic carbocycles. The Morgan fingerprint density at radius 1 is 0.423 bits per heavy atom. The van der Waals surface area contributed by atoms with E-state index in [0.29, 0.717) is 23.7 Å². The van der Waals surface area contributed by atoms with Crippen LogP contribution in [0.25, 0.3) is 21.5 Å². The van der Waals surface area contributed by atoms with Crippen LogP contribution in [0.4, 0.5) is 0 Å². The molecule has 0 N–H and O–H groups in total. The van der Waals surface area contributed by atoms with Gasteiger partial charge >= 0.3 is 0 Å². The highest BCUT2D eigenvalue weighted by atomic mass is 14.5. The highest BCUT2D eigenvalue weighted by Gasteiger charge is 2.46. The maximum Gasteiger partial charge on any atom is -0.00804 e. The van der Waals surface area contributed by atoms with Crippen molar-refractivity contribution in [3.05, 3.63) is 95.1 Å². The number of hydrogen-bond donors (Lipinski definition) is 0. The molecule has 3 aliphatic rings. The largest absolute Gasteiger partial charge is 0.0613 e. The SMILES string of the molecule is c1cc2c3c(cccc3c1)C1CC3c4cccc5cccc(c45)C3CC21. The maximum atomic E-state index is 2.40. The lowest BCUT2D eigenvalue weighted by molar-refractivity contribution is 0.326. The topological polar surface area (TPSA) is 0 Å². The fourth-order valence-electron chi connectivity index (χ4n) is 6.61. The van der Waals surface area contributed by atoms with E-state index in [1.165, 1.54) is 23.6 Å². The summed E-state index contributed by atoms with van der Waals surface area (Å²) in [5.41, 5.74) is 6.46. The number of hydrogen-bond acceptors (Lipinski definition) is 0. The van der Waals surface area contributed by atoms with E-state index in [9.17, 15) is 0 Å². The quantitative estimate of drug-likeness (QED) is 0.330. The Balaban J connectivity index is 1.45. The van der Waals surface area contributed by atoms with E-state index in [4.69, 9.17) is 0 Å². The summed E-state index contributed by atoms with van der Waals surface area (Å²) in [6.07, 6.45) is 2.60. The van der Waals surface area contributed by atoms with Crippen molar-refractivity contribution in [1.82, 2.24) is 0 Å². The molecular weight excluding hydrogens is 312 g/mol. The van der Waals surface area contributed by atoms with E-state index in [1.807, 2.05) is 0 Å². The van der Waals surface area contributed by atoms with Gasteiger partial charge in [0, 0.05) is 0 Å². The molecule has 0 amide bonds. The van der Waals surface area contributed by atoms with Gasteiger partial charge in [-0.2, -0.15) is 0 Å². The van der Waals surface area contributed by atoms with Crippen molar-refractivity contribution in [3.63, 3.8) is 0 Å². The maximum absolute atomic E-state index is 2.40. The minimum atomic E-state index is 0.696. The van der Waals surface area contributed by atoms with Crippen molar-refractivity contribution in [2.24, 2.45) is 0 Å². The molecule has 124 valence electrons. The van der Waals surface area contributed by atoms with Crippen LogP contribution in [-0.4, -0.2) is 0 Å². The van der Waals surface area contributed by atoms with Gasteiger partial charge in [-0.15, -0.1) is 0 Å². The highest BCUT2D eigenvalue weighted by molar-refractivity contribution is 5.94. The molecule has 1 saturated carbocycles. The van der Waals surface area contributed by atoms with Crippen LogP contribution >= 0.6 is 0 Å². The summed E-state index contributed by atoms with van der Waals surface area (Å²) in [7, 11) is 0. The van der Waals surface area contributed by atoms with Gasteiger partial charge in [-0.05, 0) is 80.3 Å². The summed E-state index contributed by atoms with van der Waals surface area (Å²) in [4.78, 5) is 0. The molecule has 4 aromatic carbocycles. The van der Waals surface area contributed by atoms with Crippen LogP contribution in [0, 0.1) is 0 Å². The lowest BCUT2D eigenvalue weighted by atomic mass is 9.66. The molecule has 0 bridgehead atoms. The third-order valence-electron chi connectivity index (χ3n) is 7.52. The Morgan fingerprint density at radius 3 is 1.04 bits per heavy atom. The first kappa shape index (κ1) is 13.6. The second kappa shape index (κ2) is 4.57. The summed E-state index contributed by atoms with van der Waals surface area (Å²) in [5.74, 6) is 2.78. The lowest BCUT2D eigenvalue weighted by Gasteiger charge is -2.37. The first-order valence-corrected chi connectivity index (χ1v) is 9.93. The predicted molar refractivity (Wildman–Crippen MR) is 108 cm³/mol. The van der Waals surface area contributed by atoms with Crippen LogP contribution in [0.5, 0.6) is 0 Å². The Kier molecular flexibility index (Phi) is 2.39. The van der Waals surface area contributed by atoms with Crippen molar-refractivity contribution in [3.8, 4) is 0 Å². The van der Waals surface area contributed by atoms with E-state index in [0.717, 1.165) is 0 Å². The molecule has 0 saturated heterocycles. The highest BCUT2D eigenvalue weighted by Crippen LogP contribution is 2.63. The lowest BCUT2D eigenvalue weighted by Crippen LogP contribution is -2.22. The molecule has 0 nitrogen and oxygen atoms in total. The Morgan fingerprint density at radius 2 is 0.731 bits per heavy atom. The standard InChI is InChI=1S/C26H20/c1-5-15-6-2-10-18-22-14-24-20-12-4-8-16-7-3-11-19(26(16)20)23(24)13-21(22)17(9-1)25(15)18/h1-12,21-24H,13-14H2. The van der Waals surface area contributed by atoms with Crippen molar-refractivity contribution in [1.29, 1.82) is 0 Å². The third-order valence-corrected chi connectivity index (χ3v) is 7.52. The molecule has 4 atom stereocenters. The van der Waals surface area contributed by atoms with E-state index >= 15 is 0 Å². The van der Waals surface area contributed by atoms with Gasteiger partial charge in [-0.25, -0.2) is 0 Å². The average molecular weight is 332 g/mol. The van der Waals surface area contributed by atoms with Crippen molar-refractivity contribution in [2.75, 3.05) is 0 Å². The zero-order valence-electron chi connectivity index (χ0n) is 14.7. The first-order valence-electron chi connectivity index (χ1n) is 9.93. The number of fused-ring (bicyclic) bond motifs is 6. The van der Waals surface area contributed by atoms with Crippen LogP contribution < -0.4 is 0 Å². The molecule has 0 aliphatic heterocycles. The van der Waals surface area contributed by atoms with Crippen LogP contribution in [-0.2, 0) is 0 Å². The van der Waals surface area contributed by atoms with Gasteiger partial charge in [0.15, 0.2) is 0 Å². The smallest absolute Gasteiger partial charge is 0.00804 e. The fourth-order valence-corrected chi connectivity index (χ4v) is 6.61. The average Bonchev–Trinajstić information content (AvgIpc) is 3.18. The van der Waals surface area contributed by atoms with Gasteiger partial charge in [0.25, 0.3) is 0 Å². The monoisotopic (exact) mass is 332 g/mol. The minimum Gasteiger partial charge on any atom is -0.0613 e. The molecule has 0 spiro atoms. The van der Waals surface area contributed by atoms with Gasteiger partial charge < -0.3 is 0 Å². The summed E-state index contributed by atoms with van der Waals surface area (Å²) < 4.78 is 0. The third kappa shape index (κ3) is 1.49. The molecule has 0 heteroatoms.